The van der Waals surface area contributed by atoms with E-state index in [0.717, 1.165) is 44.0 Å². The standard InChI is InChI=1S/C12H18N4/c1-8-14-11-4-2-3-10(11)12(15-8)16-6-5-9(13)7-16/h9H,2-7,13H2,1H3/t9-/m0/s1. The summed E-state index contributed by atoms with van der Waals surface area (Å²) in [6.07, 6.45) is 4.56. The summed E-state index contributed by atoms with van der Waals surface area (Å²) in [5.41, 5.74) is 8.60. The van der Waals surface area contributed by atoms with Crippen LogP contribution in [0.15, 0.2) is 0 Å². The second-order valence-corrected chi connectivity index (χ2v) is 4.87. The molecule has 0 amide bonds. The fraction of sp³-hybridized carbons (Fsp3) is 0.667. The van der Waals surface area contributed by atoms with Gasteiger partial charge < -0.3 is 10.6 Å². The molecule has 4 heteroatoms. The van der Waals surface area contributed by atoms with Gasteiger partial charge in [0.2, 0.25) is 0 Å². The zero-order valence-electron chi connectivity index (χ0n) is 9.74. The number of nitrogens with zero attached hydrogens (tertiary/aromatic N) is 3. The molecule has 86 valence electrons. The average Bonchev–Trinajstić information content (AvgIpc) is 2.84. The Morgan fingerprint density at radius 3 is 2.94 bits per heavy atom. The predicted molar refractivity (Wildman–Crippen MR) is 63.6 cm³/mol. The van der Waals surface area contributed by atoms with Crippen molar-refractivity contribution in [2.45, 2.75) is 38.6 Å². The van der Waals surface area contributed by atoms with Gasteiger partial charge in [-0.15, -0.1) is 0 Å². The highest BCUT2D eigenvalue weighted by Crippen LogP contribution is 2.30. The highest BCUT2D eigenvalue weighted by molar-refractivity contribution is 5.52. The summed E-state index contributed by atoms with van der Waals surface area (Å²) >= 11 is 0. The highest BCUT2D eigenvalue weighted by atomic mass is 15.2. The van der Waals surface area contributed by atoms with Crippen molar-refractivity contribution in [3.05, 3.63) is 17.1 Å². The van der Waals surface area contributed by atoms with Gasteiger partial charge in [-0.25, -0.2) is 9.97 Å². The van der Waals surface area contributed by atoms with Crippen molar-refractivity contribution >= 4 is 5.82 Å². The van der Waals surface area contributed by atoms with E-state index in [2.05, 4.69) is 14.9 Å². The zero-order chi connectivity index (χ0) is 11.1. The van der Waals surface area contributed by atoms with Crippen LogP contribution in [0, 0.1) is 6.92 Å². The SMILES string of the molecule is Cc1nc2c(c(N3CC[C@H](N)C3)n1)CCC2. The van der Waals surface area contributed by atoms with E-state index in [9.17, 15) is 0 Å². The van der Waals surface area contributed by atoms with E-state index in [1.165, 1.54) is 17.7 Å². The Hall–Kier alpha value is -1.16. The molecule has 3 rings (SSSR count). The topological polar surface area (TPSA) is 55.0 Å². The van der Waals surface area contributed by atoms with Crippen molar-refractivity contribution in [3.63, 3.8) is 0 Å². The number of aryl methyl sites for hydroxylation is 2. The lowest BCUT2D eigenvalue weighted by Crippen LogP contribution is -2.28. The minimum Gasteiger partial charge on any atom is -0.355 e. The zero-order valence-corrected chi connectivity index (χ0v) is 9.74. The molecule has 2 N–H and O–H groups in total. The van der Waals surface area contributed by atoms with E-state index in [1.807, 2.05) is 6.92 Å². The van der Waals surface area contributed by atoms with Crippen molar-refractivity contribution in [3.8, 4) is 0 Å². The minimum atomic E-state index is 0.312. The monoisotopic (exact) mass is 218 g/mol. The van der Waals surface area contributed by atoms with Crippen LogP contribution in [-0.4, -0.2) is 29.1 Å². The van der Waals surface area contributed by atoms with Gasteiger partial charge in [-0.1, -0.05) is 0 Å². The molecule has 0 unspecified atom stereocenters. The predicted octanol–water partition coefficient (Wildman–Crippen LogP) is 0.811. The molecule has 16 heavy (non-hydrogen) atoms. The summed E-state index contributed by atoms with van der Waals surface area (Å²) in [6, 6.07) is 0.312. The van der Waals surface area contributed by atoms with Gasteiger partial charge in [-0.05, 0) is 32.6 Å². The minimum absolute atomic E-state index is 0.312. The second-order valence-electron chi connectivity index (χ2n) is 4.87. The Morgan fingerprint density at radius 1 is 1.31 bits per heavy atom. The largest absolute Gasteiger partial charge is 0.355 e. The Bertz CT molecular complexity index is 416. The number of rotatable bonds is 1. The molecule has 1 fully saturated rings. The summed E-state index contributed by atoms with van der Waals surface area (Å²) in [4.78, 5) is 11.5. The smallest absolute Gasteiger partial charge is 0.135 e. The average molecular weight is 218 g/mol. The summed E-state index contributed by atoms with van der Waals surface area (Å²) in [5.74, 6) is 2.06. The third-order valence-corrected chi connectivity index (χ3v) is 3.55. The van der Waals surface area contributed by atoms with E-state index >= 15 is 0 Å². The van der Waals surface area contributed by atoms with Crippen LogP contribution in [0.5, 0.6) is 0 Å². The van der Waals surface area contributed by atoms with Crippen molar-refractivity contribution in [2.75, 3.05) is 18.0 Å². The number of nitrogens with two attached hydrogens (primary N) is 1. The Labute approximate surface area is 95.9 Å². The second kappa shape index (κ2) is 3.70. The molecule has 1 aliphatic heterocycles. The van der Waals surface area contributed by atoms with Gasteiger partial charge in [0, 0.05) is 30.4 Å². The van der Waals surface area contributed by atoms with Gasteiger partial charge >= 0.3 is 0 Å². The summed E-state index contributed by atoms with van der Waals surface area (Å²) < 4.78 is 0. The maximum Gasteiger partial charge on any atom is 0.135 e. The van der Waals surface area contributed by atoms with E-state index in [-0.39, 0.29) is 0 Å². The van der Waals surface area contributed by atoms with Crippen LogP contribution in [0.25, 0.3) is 0 Å². The van der Waals surface area contributed by atoms with Gasteiger partial charge in [0.1, 0.15) is 11.6 Å². The third-order valence-electron chi connectivity index (χ3n) is 3.55. The normalized spacial score (nSPS) is 23.9. The highest BCUT2D eigenvalue weighted by Gasteiger charge is 2.26. The fourth-order valence-electron chi connectivity index (χ4n) is 2.77. The first kappa shape index (κ1) is 10.0. The molecule has 4 nitrogen and oxygen atoms in total. The van der Waals surface area contributed by atoms with Crippen LogP contribution in [-0.2, 0) is 12.8 Å². The first-order valence-corrected chi connectivity index (χ1v) is 6.11. The molecular formula is C12H18N4. The van der Waals surface area contributed by atoms with Gasteiger partial charge in [0.25, 0.3) is 0 Å². The van der Waals surface area contributed by atoms with Gasteiger partial charge in [-0.2, -0.15) is 0 Å². The quantitative estimate of drug-likeness (QED) is 0.758. The third kappa shape index (κ3) is 1.57. The summed E-state index contributed by atoms with van der Waals surface area (Å²) in [6.45, 7) is 3.98. The van der Waals surface area contributed by atoms with E-state index in [1.54, 1.807) is 0 Å². The van der Waals surface area contributed by atoms with E-state index in [0.29, 0.717) is 6.04 Å². The van der Waals surface area contributed by atoms with E-state index in [4.69, 9.17) is 5.73 Å². The molecule has 2 aliphatic rings. The number of hydrogen-bond acceptors (Lipinski definition) is 4. The van der Waals surface area contributed by atoms with Gasteiger partial charge in [-0.3, -0.25) is 0 Å². The fourth-order valence-corrected chi connectivity index (χ4v) is 2.77. The van der Waals surface area contributed by atoms with E-state index < -0.39 is 0 Å². The molecule has 1 atom stereocenters. The first-order chi connectivity index (χ1) is 7.74. The number of fused-ring (bicyclic) bond motifs is 1. The van der Waals surface area contributed by atoms with Crippen LogP contribution in [0.4, 0.5) is 5.82 Å². The molecule has 0 spiro atoms. The summed E-state index contributed by atoms with van der Waals surface area (Å²) in [5, 5.41) is 0. The lowest BCUT2D eigenvalue weighted by atomic mass is 10.2. The van der Waals surface area contributed by atoms with Crippen molar-refractivity contribution in [2.24, 2.45) is 5.73 Å². The molecule has 2 heterocycles. The maximum absolute atomic E-state index is 5.96. The molecular weight excluding hydrogens is 200 g/mol. The molecule has 0 aromatic carbocycles. The first-order valence-electron chi connectivity index (χ1n) is 6.11. The molecule has 1 saturated heterocycles. The summed E-state index contributed by atoms with van der Waals surface area (Å²) in [7, 11) is 0. The Kier molecular flexibility index (Phi) is 2.32. The van der Waals surface area contributed by atoms with Crippen molar-refractivity contribution in [1.29, 1.82) is 0 Å². The van der Waals surface area contributed by atoms with Crippen LogP contribution in [0.3, 0.4) is 0 Å². The molecule has 1 aliphatic carbocycles. The van der Waals surface area contributed by atoms with Crippen LogP contribution in [0.2, 0.25) is 0 Å². The van der Waals surface area contributed by atoms with Crippen LogP contribution < -0.4 is 10.6 Å². The van der Waals surface area contributed by atoms with Crippen molar-refractivity contribution < 1.29 is 0 Å². The van der Waals surface area contributed by atoms with Gasteiger partial charge in [0.05, 0.1) is 0 Å². The van der Waals surface area contributed by atoms with Gasteiger partial charge in [0.15, 0.2) is 0 Å². The number of hydrogen-bond donors (Lipinski definition) is 1. The number of anilines is 1. The molecule has 1 aromatic rings. The molecule has 1 aromatic heterocycles. The molecule has 0 radical (unpaired) electrons. The maximum atomic E-state index is 5.96. The van der Waals surface area contributed by atoms with Crippen molar-refractivity contribution in [1.82, 2.24) is 9.97 Å². The Balaban J connectivity index is 2.00. The lowest BCUT2D eigenvalue weighted by Gasteiger charge is -2.20. The van der Waals surface area contributed by atoms with Crippen LogP contribution in [0.1, 0.15) is 29.9 Å². The molecule has 0 bridgehead atoms. The Morgan fingerprint density at radius 2 is 2.19 bits per heavy atom. The number of aromatic nitrogens is 2. The molecule has 0 saturated carbocycles. The van der Waals surface area contributed by atoms with Crippen LogP contribution >= 0.6 is 0 Å². The lowest BCUT2D eigenvalue weighted by molar-refractivity contribution is 0.750.